The molecular weight excluding hydrogens is 450 g/mol. The number of aliphatic hydroxyl groups excluding tert-OH is 1. The van der Waals surface area contributed by atoms with Crippen LogP contribution >= 0.6 is 0 Å². The summed E-state index contributed by atoms with van der Waals surface area (Å²) in [6.45, 7) is 7.01. The monoisotopic (exact) mass is 473 g/mol. The number of aryl methyl sites for hydroxylation is 2. The molecule has 0 amide bonds. The fourth-order valence-corrected chi connectivity index (χ4v) is 4.87. The molecule has 0 fully saturated rings. The molecule has 6 nitrogen and oxygen atoms in total. The third-order valence-electron chi connectivity index (χ3n) is 6.31. The minimum atomic E-state index is -4.75. The molecule has 2 N–H and O–H groups in total. The Hall–Kier alpha value is -3.40. The van der Waals surface area contributed by atoms with Crippen molar-refractivity contribution in [3.63, 3.8) is 0 Å². The zero-order chi connectivity index (χ0) is 24.6. The van der Waals surface area contributed by atoms with Gasteiger partial charge in [-0.15, -0.1) is 10.2 Å². The number of halogens is 4. The van der Waals surface area contributed by atoms with Crippen LogP contribution in [0.3, 0.4) is 0 Å². The smallest absolute Gasteiger partial charge is 0.395 e. The van der Waals surface area contributed by atoms with Crippen LogP contribution in [0.4, 0.5) is 23.2 Å². The summed E-state index contributed by atoms with van der Waals surface area (Å²) in [5.74, 6) is 0.0220. The highest BCUT2D eigenvalue weighted by Gasteiger charge is 2.44. The topological polar surface area (TPSA) is 67.9 Å². The Kier molecular flexibility index (Phi) is 4.81. The van der Waals surface area contributed by atoms with E-state index in [0.717, 1.165) is 6.07 Å². The number of hydrogen-bond donors (Lipinski definition) is 2. The van der Waals surface area contributed by atoms with Crippen LogP contribution in [0.1, 0.15) is 36.6 Å². The lowest BCUT2D eigenvalue weighted by Gasteiger charge is -2.37. The Balaban J connectivity index is 1.92. The zero-order valence-corrected chi connectivity index (χ0v) is 19.0. The van der Waals surface area contributed by atoms with Crippen molar-refractivity contribution >= 4 is 16.6 Å². The van der Waals surface area contributed by atoms with E-state index in [9.17, 15) is 22.7 Å². The predicted molar refractivity (Wildman–Crippen MR) is 120 cm³/mol. The average Bonchev–Trinajstić information content (AvgIpc) is 3.32. The number of nitrogens with one attached hydrogen (secondary N) is 1. The van der Waals surface area contributed by atoms with Gasteiger partial charge < -0.3 is 15.0 Å². The molecule has 2 aromatic carbocycles. The Morgan fingerprint density at radius 3 is 2.50 bits per heavy atom. The van der Waals surface area contributed by atoms with E-state index >= 15 is 0 Å². The highest BCUT2D eigenvalue weighted by Crippen LogP contribution is 2.50. The van der Waals surface area contributed by atoms with Crippen LogP contribution in [0.15, 0.2) is 30.5 Å². The van der Waals surface area contributed by atoms with Gasteiger partial charge in [0.25, 0.3) is 0 Å². The van der Waals surface area contributed by atoms with Crippen molar-refractivity contribution in [1.29, 1.82) is 0 Å². The number of alkyl halides is 3. The van der Waals surface area contributed by atoms with E-state index in [1.165, 1.54) is 16.7 Å². The molecule has 0 radical (unpaired) electrons. The number of rotatable bonds is 3. The van der Waals surface area contributed by atoms with Crippen molar-refractivity contribution in [2.24, 2.45) is 0 Å². The quantitative estimate of drug-likeness (QED) is 0.396. The summed E-state index contributed by atoms with van der Waals surface area (Å²) in [4.78, 5) is 0. The third-order valence-corrected chi connectivity index (χ3v) is 6.31. The number of benzene rings is 2. The summed E-state index contributed by atoms with van der Waals surface area (Å²) in [7, 11) is 0. The molecule has 1 aliphatic heterocycles. The van der Waals surface area contributed by atoms with Gasteiger partial charge >= 0.3 is 6.18 Å². The number of aromatic nitrogens is 4. The molecule has 0 aliphatic carbocycles. The van der Waals surface area contributed by atoms with Crippen molar-refractivity contribution in [2.75, 3.05) is 11.9 Å². The zero-order valence-electron chi connectivity index (χ0n) is 19.0. The molecule has 0 spiro atoms. The molecule has 178 valence electrons. The second-order valence-corrected chi connectivity index (χ2v) is 9.11. The van der Waals surface area contributed by atoms with Crippen molar-refractivity contribution in [2.45, 2.75) is 46.0 Å². The predicted octanol–water partition coefficient (Wildman–Crippen LogP) is 5.32. The van der Waals surface area contributed by atoms with E-state index in [4.69, 9.17) is 0 Å². The van der Waals surface area contributed by atoms with E-state index < -0.39 is 23.1 Å². The number of nitrogens with zero attached hydrogens (tertiary/aromatic N) is 4. The van der Waals surface area contributed by atoms with Crippen LogP contribution in [-0.4, -0.2) is 31.0 Å². The number of aliphatic hydroxyl groups is 1. The first-order chi connectivity index (χ1) is 15.9. The van der Waals surface area contributed by atoms with E-state index in [-0.39, 0.29) is 30.0 Å². The van der Waals surface area contributed by atoms with Crippen LogP contribution in [-0.2, 0) is 18.3 Å². The molecule has 5 rings (SSSR count). The lowest BCUT2D eigenvalue weighted by molar-refractivity contribution is -0.137. The van der Waals surface area contributed by atoms with Gasteiger partial charge in [0.1, 0.15) is 11.6 Å². The minimum Gasteiger partial charge on any atom is -0.395 e. The van der Waals surface area contributed by atoms with Gasteiger partial charge in [0.15, 0.2) is 5.82 Å². The molecule has 0 unspecified atom stereocenters. The van der Waals surface area contributed by atoms with Gasteiger partial charge in [-0.1, -0.05) is 0 Å². The first-order valence-electron chi connectivity index (χ1n) is 10.8. The van der Waals surface area contributed by atoms with Crippen LogP contribution in [0.2, 0.25) is 0 Å². The first kappa shape index (κ1) is 22.4. The SMILES string of the molecule is Cc1cc(-c2cc(F)cc3c2ccn3CCO)c(C(F)(F)F)c2c1NC(C)(C)c1nnc(C)n1-2. The standard InChI is InChI=1S/C24H23F4N5O/c1-12-9-17(16-10-14(25)11-18-15(16)5-6-32(18)7-8-34)19(24(26,27)28)21-20(12)29-23(3,4)22-31-30-13(2)33(21)22/h5-6,9-11,29,34H,7-8H2,1-4H3. The molecule has 0 atom stereocenters. The van der Waals surface area contributed by atoms with Gasteiger partial charge in [0.2, 0.25) is 0 Å². The van der Waals surface area contributed by atoms with E-state index in [1.807, 2.05) is 13.8 Å². The van der Waals surface area contributed by atoms with Crippen molar-refractivity contribution in [3.05, 3.63) is 59.1 Å². The van der Waals surface area contributed by atoms with E-state index in [2.05, 4.69) is 15.5 Å². The summed E-state index contributed by atoms with van der Waals surface area (Å²) in [5, 5.41) is 21.2. The molecule has 0 saturated carbocycles. The molecule has 3 heterocycles. The Morgan fingerprint density at radius 1 is 1.09 bits per heavy atom. The van der Waals surface area contributed by atoms with Crippen LogP contribution in [0.5, 0.6) is 0 Å². The molecule has 34 heavy (non-hydrogen) atoms. The highest BCUT2D eigenvalue weighted by atomic mass is 19.4. The maximum Gasteiger partial charge on any atom is 0.419 e. The van der Waals surface area contributed by atoms with Crippen LogP contribution in [0.25, 0.3) is 27.7 Å². The maximum atomic E-state index is 14.8. The number of hydrogen-bond acceptors (Lipinski definition) is 4. The molecule has 10 heteroatoms. The normalized spacial score (nSPS) is 14.7. The molecule has 1 aliphatic rings. The summed E-state index contributed by atoms with van der Waals surface area (Å²) in [5.41, 5.74) is -0.407. The summed E-state index contributed by atoms with van der Waals surface area (Å²) in [6, 6.07) is 5.49. The Labute approximate surface area is 192 Å². The Bertz CT molecular complexity index is 1450. The second-order valence-electron chi connectivity index (χ2n) is 9.11. The van der Waals surface area contributed by atoms with Crippen molar-refractivity contribution in [1.82, 2.24) is 19.3 Å². The van der Waals surface area contributed by atoms with Gasteiger partial charge in [-0.2, -0.15) is 13.2 Å². The largest absolute Gasteiger partial charge is 0.419 e. The van der Waals surface area contributed by atoms with Crippen molar-refractivity contribution < 1.29 is 22.7 Å². The van der Waals surface area contributed by atoms with Gasteiger partial charge in [-0.25, -0.2) is 4.39 Å². The lowest BCUT2D eigenvalue weighted by Crippen LogP contribution is -2.37. The average molecular weight is 473 g/mol. The lowest BCUT2D eigenvalue weighted by atomic mass is 9.89. The maximum absolute atomic E-state index is 14.8. The highest BCUT2D eigenvalue weighted by molar-refractivity contribution is 5.98. The van der Waals surface area contributed by atoms with Crippen molar-refractivity contribution in [3.8, 4) is 16.8 Å². The fourth-order valence-electron chi connectivity index (χ4n) is 4.87. The fraction of sp³-hybridized carbons (Fsp3) is 0.333. The molecule has 4 aromatic rings. The number of fused-ring (bicyclic) bond motifs is 4. The van der Waals surface area contributed by atoms with Gasteiger partial charge in [0, 0.05) is 18.1 Å². The van der Waals surface area contributed by atoms with Crippen LogP contribution < -0.4 is 5.32 Å². The van der Waals surface area contributed by atoms with Gasteiger partial charge in [0.05, 0.1) is 34.6 Å². The molecule has 0 bridgehead atoms. The second kappa shape index (κ2) is 7.30. The van der Waals surface area contributed by atoms with Gasteiger partial charge in [-0.05, 0) is 68.7 Å². The summed E-state index contributed by atoms with van der Waals surface area (Å²) >= 11 is 0. The first-order valence-corrected chi connectivity index (χ1v) is 10.8. The number of anilines is 1. The van der Waals surface area contributed by atoms with E-state index in [0.29, 0.717) is 33.8 Å². The third kappa shape index (κ3) is 3.19. The minimum absolute atomic E-state index is 0.0912. The van der Waals surface area contributed by atoms with Crippen LogP contribution in [0, 0.1) is 19.7 Å². The van der Waals surface area contributed by atoms with Gasteiger partial charge in [-0.3, -0.25) is 4.57 Å². The molecular formula is C24H23F4N5O. The molecule has 0 saturated heterocycles. The Morgan fingerprint density at radius 2 is 1.82 bits per heavy atom. The summed E-state index contributed by atoms with van der Waals surface area (Å²) in [6.07, 6.45) is -3.12. The summed E-state index contributed by atoms with van der Waals surface area (Å²) < 4.78 is 62.1. The molecule has 2 aromatic heterocycles. The van der Waals surface area contributed by atoms with E-state index in [1.54, 1.807) is 30.7 Å².